The summed E-state index contributed by atoms with van der Waals surface area (Å²) >= 11 is 6.03. The number of aryl methyl sites for hydroxylation is 1. The molecule has 6 heteroatoms. The number of hydrogen-bond acceptors (Lipinski definition) is 4. The highest BCUT2D eigenvalue weighted by atomic mass is 35.5. The fraction of sp³-hybridized carbons (Fsp3) is 0.292. The third-order valence-corrected chi connectivity index (χ3v) is 5.23. The summed E-state index contributed by atoms with van der Waals surface area (Å²) in [5.74, 6) is 0.507. The zero-order valence-corrected chi connectivity index (χ0v) is 18.6. The molecule has 3 rings (SSSR count). The molecule has 0 aliphatic heterocycles. The predicted octanol–water partition coefficient (Wildman–Crippen LogP) is 5.62. The Labute approximate surface area is 181 Å². The number of carbonyl (C=O) groups is 1. The van der Waals surface area contributed by atoms with E-state index in [-0.39, 0.29) is 11.9 Å². The average Bonchev–Trinajstić information content (AvgIpc) is 3.12. The zero-order valence-electron chi connectivity index (χ0n) is 17.8. The lowest BCUT2D eigenvalue weighted by molar-refractivity contribution is -0.117. The van der Waals surface area contributed by atoms with Gasteiger partial charge in [-0.3, -0.25) is 4.79 Å². The van der Waals surface area contributed by atoms with Crippen LogP contribution in [0.1, 0.15) is 25.0 Å². The van der Waals surface area contributed by atoms with Crippen molar-refractivity contribution in [2.45, 2.75) is 26.8 Å². The summed E-state index contributed by atoms with van der Waals surface area (Å²) in [5.41, 5.74) is 5.23. The zero-order chi connectivity index (χ0) is 21.8. The molecule has 0 aliphatic rings. The lowest BCUT2D eigenvalue weighted by Gasteiger charge is -2.14. The molecular weight excluding hydrogens is 402 g/mol. The van der Waals surface area contributed by atoms with E-state index in [0.29, 0.717) is 17.4 Å². The van der Waals surface area contributed by atoms with Gasteiger partial charge in [-0.2, -0.15) is 0 Å². The Kier molecular flexibility index (Phi) is 6.85. The number of methoxy groups -OCH3 is 2. The third-order valence-electron chi connectivity index (χ3n) is 4.98. The number of allylic oxidation sites excluding steroid dienone is 1. The van der Waals surface area contributed by atoms with Crippen LogP contribution in [0.5, 0.6) is 5.75 Å². The van der Waals surface area contributed by atoms with Gasteiger partial charge in [-0.1, -0.05) is 23.7 Å². The number of halogens is 1. The summed E-state index contributed by atoms with van der Waals surface area (Å²) in [6.45, 7) is 6.19. The van der Waals surface area contributed by atoms with Gasteiger partial charge in [-0.25, -0.2) is 0 Å². The molecule has 0 saturated heterocycles. The third kappa shape index (κ3) is 4.53. The standard InChI is InChI=1S/C24H26ClNO4/c1-14(10-22(27)26-15(2)12-28-4)19-11-20-21(17-6-8-18(25)9-7-17)13-30-24(20)16(3)23(19)29-5/h6-11,13,15H,12H2,1-5H3,(H,26,27)/b14-10+. The van der Waals surface area contributed by atoms with E-state index in [9.17, 15) is 4.79 Å². The summed E-state index contributed by atoms with van der Waals surface area (Å²) in [6.07, 6.45) is 3.32. The fourth-order valence-electron chi connectivity index (χ4n) is 3.58. The van der Waals surface area contributed by atoms with Crippen LogP contribution in [0.3, 0.4) is 0 Å². The Morgan fingerprint density at radius 3 is 2.60 bits per heavy atom. The van der Waals surface area contributed by atoms with Gasteiger partial charge in [0.05, 0.1) is 20.0 Å². The Morgan fingerprint density at radius 2 is 1.97 bits per heavy atom. The fourth-order valence-corrected chi connectivity index (χ4v) is 3.70. The van der Waals surface area contributed by atoms with Crippen LogP contribution in [0, 0.1) is 6.92 Å². The molecule has 1 heterocycles. The largest absolute Gasteiger partial charge is 0.496 e. The van der Waals surface area contributed by atoms with Crippen molar-refractivity contribution in [3.05, 3.63) is 58.8 Å². The van der Waals surface area contributed by atoms with E-state index in [1.807, 2.05) is 51.1 Å². The van der Waals surface area contributed by atoms with Gasteiger partial charge in [0.25, 0.3) is 0 Å². The second-order valence-electron chi connectivity index (χ2n) is 7.31. The van der Waals surface area contributed by atoms with Gasteiger partial charge in [-0.05, 0) is 50.1 Å². The normalized spacial score (nSPS) is 12.8. The lowest BCUT2D eigenvalue weighted by atomic mass is 9.96. The molecule has 0 saturated carbocycles. The lowest BCUT2D eigenvalue weighted by Crippen LogP contribution is -2.34. The maximum Gasteiger partial charge on any atom is 0.244 e. The van der Waals surface area contributed by atoms with Crippen LogP contribution in [0.4, 0.5) is 0 Å². The molecule has 1 N–H and O–H groups in total. The van der Waals surface area contributed by atoms with Crippen LogP contribution in [0.2, 0.25) is 5.02 Å². The minimum absolute atomic E-state index is 0.0805. The van der Waals surface area contributed by atoms with Gasteiger partial charge in [0.2, 0.25) is 5.91 Å². The molecule has 0 bridgehead atoms. The highest BCUT2D eigenvalue weighted by molar-refractivity contribution is 6.30. The quantitative estimate of drug-likeness (QED) is 0.497. The number of nitrogens with one attached hydrogen (secondary N) is 1. The molecule has 2 aromatic carbocycles. The van der Waals surface area contributed by atoms with E-state index >= 15 is 0 Å². The first-order chi connectivity index (χ1) is 14.3. The summed E-state index contributed by atoms with van der Waals surface area (Å²) in [4.78, 5) is 12.4. The molecule has 0 radical (unpaired) electrons. The average molecular weight is 428 g/mol. The molecule has 1 unspecified atom stereocenters. The molecule has 1 atom stereocenters. The van der Waals surface area contributed by atoms with Crippen molar-refractivity contribution in [2.75, 3.05) is 20.8 Å². The van der Waals surface area contributed by atoms with Crippen molar-refractivity contribution in [3.63, 3.8) is 0 Å². The second kappa shape index (κ2) is 9.37. The van der Waals surface area contributed by atoms with Gasteiger partial charge in [0.15, 0.2) is 0 Å². The Balaban J connectivity index is 2.07. The topological polar surface area (TPSA) is 60.7 Å². The number of carbonyl (C=O) groups excluding carboxylic acids is 1. The number of hydrogen-bond donors (Lipinski definition) is 1. The maximum atomic E-state index is 12.4. The van der Waals surface area contributed by atoms with E-state index < -0.39 is 0 Å². The summed E-state index contributed by atoms with van der Waals surface area (Å²) in [7, 11) is 3.23. The van der Waals surface area contributed by atoms with E-state index in [1.54, 1.807) is 26.6 Å². The molecule has 0 aliphatic carbocycles. The first-order valence-electron chi connectivity index (χ1n) is 9.68. The van der Waals surface area contributed by atoms with Crippen LogP contribution in [0.25, 0.3) is 27.7 Å². The van der Waals surface area contributed by atoms with Crippen LogP contribution in [-0.4, -0.2) is 32.8 Å². The second-order valence-corrected chi connectivity index (χ2v) is 7.74. The maximum absolute atomic E-state index is 12.4. The van der Waals surface area contributed by atoms with E-state index in [0.717, 1.165) is 38.8 Å². The number of benzene rings is 2. The molecular formula is C24H26ClNO4. The molecule has 5 nitrogen and oxygen atoms in total. The van der Waals surface area contributed by atoms with E-state index in [1.165, 1.54) is 0 Å². The van der Waals surface area contributed by atoms with Crippen molar-refractivity contribution < 1.29 is 18.7 Å². The predicted molar refractivity (Wildman–Crippen MR) is 121 cm³/mol. The highest BCUT2D eigenvalue weighted by Crippen LogP contribution is 2.40. The van der Waals surface area contributed by atoms with Gasteiger partial charge >= 0.3 is 0 Å². The number of rotatable bonds is 7. The number of furan rings is 1. The number of amides is 1. The smallest absolute Gasteiger partial charge is 0.244 e. The summed E-state index contributed by atoms with van der Waals surface area (Å²) in [6, 6.07) is 9.54. The first kappa shape index (κ1) is 21.9. The SMILES string of the molecule is COCC(C)NC(=O)/C=C(\C)c1cc2c(-c3ccc(Cl)cc3)coc2c(C)c1OC. The van der Waals surface area contributed by atoms with Crippen molar-refractivity contribution in [2.24, 2.45) is 0 Å². The molecule has 0 fully saturated rings. The van der Waals surface area contributed by atoms with Gasteiger partial charge in [-0.15, -0.1) is 0 Å². The Bertz CT molecular complexity index is 1080. The molecule has 158 valence electrons. The van der Waals surface area contributed by atoms with Crippen molar-refractivity contribution in [1.82, 2.24) is 5.32 Å². The minimum Gasteiger partial charge on any atom is -0.496 e. The Hall–Kier alpha value is -2.76. The van der Waals surface area contributed by atoms with Crippen LogP contribution >= 0.6 is 11.6 Å². The van der Waals surface area contributed by atoms with Gasteiger partial charge in [0, 0.05) is 46.3 Å². The first-order valence-corrected chi connectivity index (χ1v) is 10.1. The summed E-state index contributed by atoms with van der Waals surface area (Å²) in [5, 5.41) is 4.52. The highest BCUT2D eigenvalue weighted by Gasteiger charge is 2.19. The molecule has 0 spiro atoms. The number of ether oxygens (including phenoxy) is 2. The molecule has 3 aromatic rings. The van der Waals surface area contributed by atoms with Crippen LogP contribution in [-0.2, 0) is 9.53 Å². The monoisotopic (exact) mass is 427 g/mol. The molecule has 30 heavy (non-hydrogen) atoms. The minimum atomic E-state index is -0.179. The van der Waals surface area contributed by atoms with Crippen molar-refractivity contribution in [1.29, 1.82) is 0 Å². The molecule has 1 aromatic heterocycles. The van der Waals surface area contributed by atoms with Crippen LogP contribution in [0.15, 0.2) is 47.1 Å². The summed E-state index contributed by atoms with van der Waals surface area (Å²) < 4.78 is 16.6. The van der Waals surface area contributed by atoms with Crippen LogP contribution < -0.4 is 10.1 Å². The van der Waals surface area contributed by atoms with Crippen molar-refractivity contribution >= 4 is 34.1 Å². The van der Waals surface area contributed by atoms with Gasteiger partial charge in [0.1, 0.15) is 11.3 Å². The van der Waals surface area contributed by atoms with E-state index in [2.05, 4.69) is 5.32 Å². The van der Waals surface area contributed by atoms with Crippen molar-refractivity contribution in [3.8, 4) is 16.9 Å². The molecule has 1 amide bonds. The number of fused-ring (bicyclic) bond motifs is 1. The van der Waals surface area contributed by atoms with Gasteiger partial charge < -0.3 is 19.2 Å². The van der Waals surface area contributed by atoms with E-state index in [4.69, 9.17) is 25.5 Å². The Morgan fingerprint density at radius 1 is 1.27 bits per heavy atom.